The highest BCUT2D eigenvalue weighted by atomic mass is 35.5. The molecule has 128 valence electrons. The number of carbonyl (C=O) groups is 1. The zero-order valence-corrected chi connectivity index (χ0v) is 14.8. The Kier molecular flexibility index (Phi) is 5.31. The molecule has 0 aliphatic carbocycles. The van der Waals surface area contributed by atoms with E-state index in [2.05, 4.69) is 10.3 Å². The fourth-order valence-electron chi connectivity index (χ4n) is 2.19. The third-order valence-corrected chi connectivity index (χ3v) is 4.41. The lowest BCUT2D eigenvalue weighted by atomic mass is 10.2. The number of nitrogens with zero attached hydrogens (tertiary/aromatic N) is 1. The molecule has 4 nitrogen and oxygen atoms in total. The average Bonchev–Trinajstić information content (AvgIpc) is 3.01. The normalized spacial score (nSPS) is 10.5. The number of para-hydroxylation sites is 1. The molecule has 2 aromatic carbocycles. The molecular weight excluding hydrogens is 363 g/mol. The predicted octanol–water partition coefficient (Wildman–Crippen LogP) is 5.08. The van der Waals surface area contributed by atoms with Crippen LogP contribution in [0.4, 0.5) is 10.1 Å². The van der Waals surface area contributed by atoms with Crippen molar-refractivity contribution in [1.82, 2.24) is 4.98 Å². The maximum atomic E-state index is 13.9. The van der Waals surface area contributed by atoms with Crippen molar-refractivity contribution in [1.29, 1.82) is 0 Å². The fourth-order valence-corrected chi connectivity index (χ4v) is 2.94. The van der Waals surface area contributed by atoms with Gasteiger partial charge >= 0.3 is 0 Å². The number of carbonyl (C=O) groups excluding carboxylic acids is 1. The number of rotatable bonds is 5. The van der Waals surface area contributed by atoms with Crippen molar-refractivity contribution in [2.45, 2.75) is 13.5 Å². The van der Waals surface area contributed by atoms with E-state index in [1.165, 1.54) is 23.5 Å². The summed E-state index contributed by atoms with van der Waals surface area (Å²) in [4.78, 5) is 16.8. The Morgan fingerprint density at radius 2 is 2.12 bits per heavy atom. The molecule has 0 fully saturated rings. The first-order valence-corrected chi connectivity index (χ1v) is 8.68. The molecule has 0 aliphatic heterocycles. The quantitative estimate of drug-likeness (QED) is 0.675. The van der Waals surface area contributed by atoms with E-state index < -0.39 is 11.7 Å². The van der Waals surface area contributed by atoms with Crippen LogP contribution in [0.1, 0.15) is 21.1 Å². The highest BCUT2D eigenvalue weighted by Crippen LogP contribution is 2.23. The molecule has 0 aliphatic rings. The summed E-state index contributed by atoms with van der Waals surface area (Å²) >= 11 is 7.25. The number of nitrogens with one attached hydrogen (secondary N) is 1. The van der Waals surface area contributed by atoms with E-state index in [0.29, 0.717) is 11.3 Å². The van der Waals surface area contributed by atoms with Gasteiger partial charge in [0.1, 0.15) is 18.2 Å². The highest BCUT2D eigenvalue weighted by molar-refractivity contribution is 7.09. The van der Waals surface area contributed by atoms with Gasteiger partial charge in [-0.25, -0.2) is 9.37 Å². The van der Waals surface area contributed by atoms with Gasteiger partial charge in [0.2, 0.25) is 0 Å². The molecule has 3 aromatic rings. The number of thiazole rings is 1. The fraction of sp³-hybridized carbons (Fsp3) is 0.111. The molecule has 0 unspecified atom stereocenters. The maximum absolute atomic E-state index is 13.9. The zero-order valence-electron chi connectivity index (χ0n) is 13.3. The van der Waals surface area contributed by atoms with Crippen LogP contribution in [0.25, 0.3) is 0 Å². The van der Waals surface area contributed by atoms with E-state index in [1.807, 2.05) is 12.3 Å². The molecule has 1 heterocycles. The van der Waals surface area contributed by atoms with Crippen LogP contribution in [0.5, 0.6) is 5.75 Å². The first kappa shape index (κ1) is 17.4. The first-order valence-electron chi connectivity index (χ1n) is 7.42. The molecule has 0 atom stereocenters. The van der Waals surface area contributed by atoms with Crippen LogP contribution in [0.2, 0.25) is 5.02 Å². The van der Waals surface area contributed by atoms with Crippen molar-refractivity contribution >= 4 is 34.5 Å². The van der Waals surface area contributed by atoms with Crippen LogP contribution in [0.15, 0.2) is 47.8 Å². The summed E-state index contributed by atoms with van der Waals surface area (Å²) in [7, 11) is 0. The van der Waals surface area contributed by atoms with Crippen LogP contribution in [-0.4, -0.2) is 10.9 Å². The summed E-state index contributed by atoms with van der Waals surface area (Å²) < 4.78 is 19.6. The number of aromatic nitrogens is 1. The number of hydrogen-bond acceptors (Lipinski definition) is 4. The summed E-state index contributed by atoms with van der Waals surface area (Å²) in [5, 5.41) is 5.64. The Labute approximate surface area is 153 Å². The average molecular weight is 377 g/mol. The van der Waals surface area contributed by atoms with Crippen molar-refractivity contribution in [2.75, 3.05) is 5.32 Å². The Bertz CT molecular complexity index is 914. The lowest BCUT2D eigenvalue weighted by Gasteiger charge is -2.11. The van der Waals surface area contributed by atoms with Gasteiger partial charge in [0.15, 0.2) is 0 Å². The molecule has 7 heteroatoms. The Hall–Kier alpha value is -2.44. The van der Waals surface area contributed by atoms with Gasteiger partial charge in [-0.15, -0.1) is 11.3 Å². The van der Waals surface area contributed by atoms with Crippen molar-refractivity contribution in [3.63, 3.8) is 0 Å². The number of benzene rings is 2. The lowest BCUT2D eigenvalue weighted by molar-refractivity contribution is 0.102. The monoisotopic (exact) mass is 376 g/mol. The zero-order chi connectivity index (χ0) is 17.8. The first-order chi connectivity index (χ1) is 12.0. The summed E-state index contributed by atoms with van der Waals surface area (Å²) in [5.74, 6) is -0.663. The second-order valence-electron chi connectivity index (χ2n) is 5.22. The molecule has 0 saturated heterocycles. The Morgan fingerprint density at radius 1 is 1.32 bits per heavy atom. The number of hydrogen-bond donors (Lipinski definition) is 1. The largest absolute Gasteiger partial charge is 0.486 e. The number of aryl methyl sites for hydroxylation is 1. The Balaban J connectivity index is 1.76. The number of anilines is 1. The van der Waals surface area contributed by atoms with E-state index >= 15 is 0 Å². The third kappa shape index (κ3) is 4.35. The highest BCUT2D eigenvalue weighted by Gasteiger charge is 2.15. The topological polar surface area (TPSA) is 51.2 Å². The molecule has 1 N–H and O–H groups in total. The minimum atomic E-state index is -0.600. The van der Waals surface area contributed by atoms with Crippen molar-refractivity contribution in [2.24, 2.45) is 0 Å². The van der Waals surface area contributed by atoms with Gasteiger partial charge in [0, 0.05) is 10.4 Å². The van der Waals surface area contributed by atoms with Crippen molar-refractivity contribution < 1.29 is 13.9 Å². The van der Waals surface area contributed by atoms with Gasteiger partial charge in [-0.2, -0.15) is 0 Å². The maximum Gasteiger partial charge on any atom is 0.259 e. The van der Waals surface area contributed by atoms with Crippen LogP contribution in [-0.2, 0) is 6.61 Å². The number of amides is 1. The smallest absolute Gasteiger partial charge is 0.259 e. The van der Waals surface area contributed by atoms with E-state index in [4.69, 9.17) is 16.3 Å². The van der Waals surface area contributed by atoms with Crippen LogP contribution in [0.3, 0.4) is 0 Å². The summed E-state index contributed by atoms with van der Waals surface area (Å²) in [5.41, 5.74) is 1.16. The summed E-state index contributed by atoms with van der Waals surface area (Å²) in [6, 6.07) is 10.8. The summed E-state index contributed by atoms with van der Waals surface area (Å²) in [6.45, 7) is 2.17. The Morgan fingerprint density at radius 3 is 2.84 bits per heavy atom. The standard InChI is InChI=1S/C18H14ClFN2O2S/c1-11-21-13(10-25-11)9-24-17-5-3-2-4-14(17)18(23)22-16-7-6-12(19)8-15(16)20/h2-8,10H,9H2,1H3,(H,22,23). The van der Waals surface area contributed by atoms with Gasteiger partial charge in [0.25, 0.3) is 5.91 Å². The number of halogens is 2. The molecular formula is C18H14ClFN2O2S. The second-order valence-corrected chi connectivity index (χ2v) is 6.72. The SMILES string of the molecule is Cc1nc(COc2ccccc2C(=O)Nc2ccc(Cl)cc2F)cs1. The number of ether oxygens (including phenoxy) is 1. The molecule has 3 rings (SSSR count). The second kappa shape index (κ2) is 7.63. The van der Waals surface area contributed by atoms with Crippen LogP contribution < -0.4 is 10.1 Å². The summed E-state index contributed by atoms with van der Waals surface area (Å²) in [6.07, 6.45) is 0. The molecule has 0 radical (unpaired) electrons. The van der Waals surface area contributed by atoms with E-state index in [1.54, 1.807) is 24.3 Å². The van der Waals surface area contributed by atoms with Gasteiger partial charge < -0.3 is 10.1 Å². The molecule has 25 heavy (non-hydrogen) atoms. The van der Waals surface area contributed by atoms with Gasteiger partial charge in [0.05, 0.1) is 22.0 Å². The van der Waals surface area contributed by atoms with Gasteiger partial charge in [-0.3, -0.25) is 4.79 Å². The lowest BCUT2D eigenvalue weighted by Crippen LogP contribution is -2.14. The van der Waals surface area contributed by atoms with Crippen molar-refractivity contribution in [3.8, 4) is 5.75 Å². The minimum absolute atomic E-state index is 0.0549. The molecule has 0 bridgehead atoms. The van der Waals surface area contributed by atoms with E-state index in [-0.39, 0.29) is 17.3 Å². The van der Waals surface area contributed by atoms with Gasteiger partial charge in [-0.1, -0.05) is 23.7 Å². The molecule has 0 spiro atoms. The van der Waals surface area contributed by atoms with E-state index in [0.717, 1.165) is 16.8 Å². The minimum Gasteiger partial charge on any atom is -0.486 e. The molecule has 0 saturated carbocycles. The van der Waals surface area contributed by atoms with Crippen molar-refractivity contribution in [3.05, 3.63) is 74.9 Å². The molecule has 1 amide bonds. The van der Waals surface area contributed by atoms with Crippen LogP contribution >= 0.6 is 22.9 Å². The van der Waals surface area contributed by atoms with Gasteiger partial charge in [-0.05, 0) is 37.3 Å². The predicted molar refractivity (Wildman–Crippen MR) is 97.0 cm³/mol. The third-order valence-electron chi connectivity index (χ3n) is 3.35. The van der Waals surface area contributed by atoms with E-state index in [9.17, 15) is 9.18 Å². The molecule has 1 aromatic heterocycles. The van der Waals surface area contributed by atoms with Crippen LogP contribution in [0, 0.1) is 12.7 Å².